The van der Waals surface area contributed by atoms with Gasteiger partial charge in [-0.25, -0.2) is 4.98 Å². The first-order chi connectivity index (χ1) is 14.5. The summed E-state index contributed by atoms with van der Waals surface area (Å²) in [6.45, 7) is 4.43. The summed E-state index contributed by atoms with van der Waals surface area (Å²) < 4.78 is 10.7. The van der Waals surface area contributed by atoms with Crippen molar-refractivity contribution >= 4 is 17.7 Å². The minimum Gasteiger partial charge on any atom is -0.466 e. The Balaban J connectivity index is 1.38. The van der Waals surface area contributed by atoms with Crippen LogP contribution in [0.1, 0.15) is 63.1 Å². The third kappa shape index (κ3) is 5.94. The predicted octanol–water partition coefficient (Wildman–Crippen LogP) is 3.11. The van der Waals surface area contributed by atoms with Gasteiger partial charge in [0.1, 0.15) is 5.82 Å². The Bertz CT molecular complexity index is 729. The normalized spacial score (nSPS) is 17.7. The molecule has 0 aromatic carbocycles. The third-order valence-corrected chi connectivity index (χ3v) is 6.26. The van der Waals surface area contributed by atoms with E-state index in [9.17, 15) is 9.59 Å². The van der Waals surface area contributed by atoms with E-state index >= 15 is 0 Å². The highest BCUT2D eigenvalue weighted by atomic mass is 16.5. The number of anilines is 1. The molecular weight excluding hydrogens is 382 g/mol. The van der Waals surface area contributed by atoms with Gasteiger partial charge in [-0.05, 0) is 63.5 Å². The molecule has 30 heavy (non-hydrogen) atoms. The Kier molecular flexibility index (Phi) is 8.08. The van der Waals surface area contributed by atoms with E-state index < -0.39 is 5.60 Å². The largest absolute Gasteiger partial charge is 0.466 e. The lowest BCUT2D eigenvalue weighted by Crippen LogP contribution is -2.48. The summed E-state index contributed by atoms with van der Waals surface area (Å²) in [5.41, 5.74) is 1.90. The van der Waals surface area contributed by atoms with Gasteiger partial charge in [0.15, 0.2) is 0 Å². The Morgan fingerprint density at radius 1 is 1.23 bits per heavy atom. The molecule has 0 atom stereocenters. The summed E-state index contributed by atoms with van der Waals surface area (Å²) >= 11 is 0. The molecule has 1 N–H and O–H groups in total. The number of rotatable bonds is 9. The summed E-state index contributed by atoms with van der Waals surface area (Å²) in [4.78, 5) is 31.1. The van der Waals surface area contributed by atoms with Gasteiger partial charge in [-0.2, -0.15) is 0 Å². The number of aryl methyl sites for hydroxylation is 2. The van der Waals surface area contributed by atoms with Crippen molar-refractivity contribution in [2.24, 2.45) is 0 Å². The lowest BCUT2D eigenvalue weighted by Gasteiger charge is -2.40. The number of esters is 1. The van der Waals surface area contributed by atoms with Crippen LogP contribution in [0.25, 0.3) is 0 Å². The van der Waals surface area contributed by atoms with E-state index in [1.165, 1.54) is 12.0 Å². The zero-order valence-electron chi connectivity index (χ0n) is 18.4. The van der Waals surface area contributed by atoms with Crippen molar-refractivity contribution < 1.29 is 19.1 Å². The van der Waals surface area contributed by atoms with Crippen LogP contribution in [0.2, 0.25) is 0 Å². The van der Waals surface area contributed by atoms with Crippen LogP contribution in [-0.4, -0.2) is 60.7 Å². The van der Waals surface area contributed by atoms with Gasteiger partial charge in [0.05, 0.1) is 18.6 Å². The smallest absolute Gasteiger partial charge is 0.308 e. The monoisotopic (exact) mass is 417 g/mol. The van der Waals surface area contributed by atoms with Gasteiger partial charge >= 0.3 is 5.97 Å². The fourth-order valence-electron chi connectivity index (χ4n) is 4.34. The molecule has 2 aliphatic heterocycles. The highest BCUT2D eigenvalue weighted by Crippen LogP contribution is 2.30. The fourth-order valence-corrected chi connectivity index (χ4v) is 4.34. The standard InChI is InChI=1S/C23H35N3O4/c1-3-30-21(28)17-23(29-2)12-15-26(16-13-23)20(27)9-5-4-8-19-11-10-18-7-6-14-24-22(18)25-19/h10-11H,3-9,12-17H2,1-2H3,(H,24,25). The molecule has 2 aliphatic rings. The summed E-state index contributed by atoms with van der Waals surface area (Å²) in [7, 11) is 1.64. The van der Waals surface area contributed by atoms with E-state index in [0.717, 1.165) is 43.7 Å². The molecule has 1 saturated heterocycles. The van der Waals surface area contributed by atoms with Gasteiger partial charge in [0.25, 0.3) is 0 Å². The van der Waals surface area contributed by atoms with Gasteiger partial charge in [0, 0.05) is 38.9 Å². The fraction of sp³-hybridized carbons (Fsp3) is 0.696. The molecule has 0 bridgehead atoms. The van der Waals surface area contributed by atoms with Crippen molar-refractivity contribution in [2.75, 3.05) is 38.7 Å². The van der Waals surface area contributed by atoms with E-state index in [4.69, 9.17) is 14.5 Å². The van der Waals surface area contributed by atoms with Gasteiger partial charge in [-0.15, -0.1) is 0 Å². The molecule has 3 heterocycles. The lowest BCUT2D eigenvalue weighted by atomic mass is 9.87. The number of unbranched alkanes of at least 4 members (excludes halogenated alkanes) is 1. The second-order valence-corrected chi connectivity index (χ2v) is 8.30. The van der Waals surface area contributed by atoms with Crippen LogP contribution in [-0.2, 0) is 31.9 Å². The molecule has 0 aliphatic carbocycles. The quantitative estimate of drug-likeness (QED) is 0.491. The number of nitrogens with zero attached hydrogens (tertiary/aromatic N) is 2. The molecule has 7 heteroatoms. The highest BCUT2D eigenvalue weighted by molar-refractivity contribution is 5.76. The summed E-state index contributed by atoms with van der Waals surface area (Å²) in [5.74, 6) is 0.994. The zero-order valence-corrected chi connectivity index (χ0v) is 18.4. The number of fused-ring (bicyclic) bond motifs is 1. The number of aromatic nitrogens is 1. The Labute approximate surface area is 179 Å². The van der Waals surface area contributed by atoms with Crippen LogP contribution in [0.3, 0.4) is 0 Å². The molecule has 1 fully saturated rings. The second-order valence-electron chi connectivity index (χ2n) is 8.30. The van der Waals surface area contributed by atoms with E-state index in [-0.39, 0.29) is 18.3 Å². The molecule has 0 spiro atoms. The average molecular weight is 418 g/mol. The maximum atomic E-state index is 12.6. The van der Waals surface area contributed by atoms with Crippen molar-refractivity contribution in [1.82, 2.24) is 9.88 Å². The SMILES string of the molecule is CCOC(=O)CC1(OC)CCN(C(=O)CCCCc2ccc3c(n2)NCCC3)CC1. The lowest BCUT2D eigenvalue weighted by molar-refractivity contribution is -0.154. The molecular formula is C23H35N3O4. The van der Waals surface area contributed by atoms with Crippen LogP contribution in [0.4, 0.5) is 5.82 Å². The van der Waals surface area contributed by atoms with Crippen LogP contribution in [0, 0.1) is 0 Å². The first kappa shape index (κ1) is 22.5. The zero-order chi connectivity index (χ0) is 21.4. The number of piperidine rings is 1. The van der Waals surface area contributed by atoms with Gasteiger partial charge in [0.2, 0.25) is 5.91 Å². The van der Waals surface area contributed by atoms with E-state index in [2.05, 4.69) is 17.4 Å². The number of pyridine rings is 1. The molecule has 0 unspecified atom stereocenters. The van der Waals surface area contributed by atoms with Gasteiger partial charge in [-0.1, -0.05) is 6.07 Å². The molecule has 1 amide bonds. The van der Waals surface area contributed by atoms with Crippen LogP contribution >= 0.6 is 0 Å². The van der Waals surface area contributed by atoms with E-state index in [0.29, 0.717) is 39.0 Å². The molecule has 3 rings (SSSR count). The Morgan fingerprint density at radius 2 is 2.03 bits per heavy atom. The Hall–Kier alpha value is -2.15. The minimum atomic E-state index is -0.505. The molecule has 0 radical (unpaired) electrons. The number of hydrogen-bond acceptors (Lipinski definition) is 6. The van der Waals surface area contributed by atoms with Crippen LogP contribution in [0.5, 0.6) is 0 Å². The maximum absolute atomic E-state index is 12.6. The number of carbonyl (C=O) groups is 2. The summed E-state index contributed by atoms with van der Waals surface area (Å²) in [6, 6.07) is 4.30. The predicted molar refractivity (Wildman–Crippen MR) is 115 cm³/mol. The number of nitrogens with one attached hydrogen (secondary N) is 1. The molecule has 1 aromatic rings. The third-order valence-electron chi connectivity index (χ3n) is 6.26. The van der Waals surface area contributed by atoms with Crippen molar-refractivity contribution in [1.29, 1.82) is 0 Å². The van der Waals surface area contributed by atoms with Gasteiger partial charge < -0.3 is 19.7 Å². The number of ether oxygens (including phenoxy) is 2. The average Bonchev–Trinajstić information content (AvgIpc) is 2.77. The summed E-state index contributed by atoms with van der Waals surface area (Å²) in [5, 5.41) is 3.37. The van der Waals surface area contributed by atoms with E-state index in [1.807, 2.05) is 4.90 Å². The summed E-state index contributed by atoms with van der Waals surface area (Å²) in [6.07, 6.45) is 7.12. The number of amides is 1. The van der Waals surface area contributed by atoms with Crippen molar-refractivity contribution in [3.05, 3.63) is 23.4 Å². The highest BCUT2D eigenvalue weighted by Gasteiger charge is 2.38. The van der Waals surface area contributed by atoms with Crippen LogP contribution in [0.15, 0.2) is 12.1 Å². The van der Waals surface area contributed by atoms with Crippen molar-refractivity contribution in [3.8, 4) is 0 Å². The first-order valence-corrected chi connectivity index (χ1v) is 11.3. The first-order valence-electron chi connectivity index (χ1n) is 11.3. The van der Waals surface area contributed by atoms with E-state index in [1.54, 1.807) is 14.0 Å². The number of hydrogen-bond donors (Lipinski definition) is 1. The minimum absolute atomic E-state index is 0.191. The molecule has 166 valence electrons. The van der Waals surface area contributed by atoms with Crippen molar-refractivity contribution in [2.45, 2.75) is 70.3 Å². The molecule has 1 aromatic heterocycles. The Morgan fingerprint density at radius 3 is 2.77 bits per heavy atom. The van der Waals surface area contributed by atoms with Gasteiger partial charge in [-0.3, -0.25) is 9.59 Å². The second kappa shape index (κ2) is 10.8. The molecule has 0 saturated carbocycles. The van der Waals surface area contributed by atoms with Crippen molar-refractivity contribution in [3.63, 3.8) is 0 Å². The number of carbonyl (C=O) groups excluding carboxylic acids is 2. The maximum Gasteiger partial charge on any atom is 0.308 e. The number of likely N-dealkylation sites (tertiary alicyclic amines) is 1. The topological polar surface area (TPSA) is 80.8 Å². The van der Waals surface area contributed by atoms with Crippen LogP contribution < -0.4 is 5.32 Å². The molecule has 7 nitrogen and oxygen atoms in total. The number of methoxy groups -OCH3 is 1.